The van der Waals surface area contributed by atoms with Gasteiger partial charge in [0.25, 0.3) is 0 Å². The Labute approximate surface area is 84.1 Å². The molecular weight excluding hydrogens is 156 g/mol. The van der Waals surface area contributed by atoms with Gasteiger partial charge in [-0.3, -0.25) is 0 Å². The Morgan fingerprint density at radius 1 is 1.15 bits per heavy atom. The second kappa shape index (κ2) is 3.29. The minimum absolute atomic E-state index is 0.510. The zero-order chi connectivity index (χ0) is 10.3. The molecule has 13 heavy (non-hydrogen) atoms. The summed E-state index contributed by atoms with van der Waals surface area (Å²) in [6.45, 7) is 14.5. The Morgan fingerprint density at radius 2 is 1.69 bits per heavy atom. The Bertz CT molecular complexity index is 171. The molecule has 1 saturated carbocycles. The highest BCUT2D eigenvalue weighted by atomic mass is 14.4. The SMILES string of the molecule is CC1CC(C)(C)CCC1C(C)(C)C. The Balaban J connectivity index is 2.64. The van der Waals surface area contributed by atoms with Gasteiger partial charge in [0.15, 0.2) is 0 Å². The van der Waals surface area contributed by atoms with Gasteiger partial charge in [-0.25, -0.2) is 0 Å². The maximum absolute atomic E-state index is 2.44. The summed E-state index contributed by atoms with van der Waals surface area (Å²) in [6, 6.07) is 0. The molecule has 1 aliphatic carbocycles. The van der Waals surface area contributed by atoms with Crippen molar-refractivity contribution in [1.82, 2.24) is 0 Å². The summed E-state index contributed by atoms with van der Waals surface area (Å²) in [5.74, 6) is 1.84. The summed E-state index contributed by atoms with van der Waals surface area (Å²) in [5, 5.41) is 0. The van der Waals surface area contributed by atoms with Crippen LogP contribution >= 0.6 is 0 Å². The third kappa shape index (κ3) is 2.72. The van der Waals surface area contributed by atoms with Gasteiger partial charge in [0.1, 0.15) is 0 Å². The quantitative estimate of drug-likeness (QED) is 0.517. The third-order valence-corrected chi connectivity index (χ3v) is 3.81. The molecule has 0 aromatic rings. The van der Waals surface area contributed by atoms with E-state index in [1.165, 1.54) is 19.3 Å². The van der Waals surface area contributed by atoms with Crippen LogP contribution in [0.3, 0.4) is 0 Å². The van der Waals surface area contributed by atoms with Gasteiger partial charge in [0, 0.05) is 0 Å². The molecule has 1 rings (SSSR count). The molecule has 0 saturated heterocycles. The molecule has 0 aromatic carbocycles. The monoisotopic (exact) mass is 182 g/mol. The van der Waals surface area contributed by atoms with E-state index < -0.39 is 0 Å². The lowest BCUT2D eigenvalue weighted by atomic mass is 9.61. The molecule has 78 valence electrons. The van der Waals surface area contributed by atoms with Crippen LogP contribution < -0.4 is 0 Å². The second-order valence-corrected chi connectivity index (χ2v) is 6.86. The molecule has 0 heterocycles. The van der Waals surface area contributed by atoms with E-state index >= 15 is 0 Å². The van der Waals surface area contributed by atoms with Crippen molar-refractivity contribution in [2.75, 3.05) is 0 Å². The standard InChI is InChI=1S/C13H26/c1-10-9-13(5,6)8-7-11(10)12(2,3)4/h10-11H,7-9H2,1-6H3. The van der Waals surface area contributed by atoms with E-state index in [1.54, 1.807) is 0 Å². The lowest BCUT2D eigenvalue weighted by Crippen LogP contribution is -2.35. The normalized spacial score (nSPS) is 34.6. The highest BCUT2D eigenvalue weighted by Gasteiger charge is 2.37. The maximum Gasteiger partial charge on any atom is -0.0339 e. The van der Waals surface area contributed by atoms with E-state index in [0.717, 1.165) is 11.8 Å². The van der Waals surface area contributed by atoms with E-state index in [4.69, 9.17) is 0 Å². The molecule has 2 atom stereocenters. The summed E-state index contributed by atoms with van der Waals surface area (Å²) in [6.07, 6.45) is 4.26. The molecule has 0 aliphatic heterocycles. The smallest absolute Gasteiger partial charge is 0.0339 e. The minimum atomic E-state index is 0.510. The van der Waals surface area contributed by atoms with Crippen molar-refractivity contribution in [2.24, 2.45) is 22.7 Å². The van der Waals surface area contributed by atoms with Gasteiger partial charge in [-0.1, -0.05) is 41.5 Å². The summed E-state index contributed by atoms with van der Waals surface area (Å²) in [4.78, 5) is 0. The van der Waals surface area contributed by atoms with Gasteiger partial charge in [0.05, 0.1) is 0 Å². The summed E-state index contributed by atoms with van der Waals surface area (Å²) in [7, 11) is 0. The molecule has 0 heteroatoms. The molecule has 0 N–H and O–H groups in total. The molecule has 1 fully saturated rings. The van der Waals surface area contributed by atoms with Gasteiger partial charge >= 0.3 is 0 Å². The first-order chi connectivity index (χ1) is 5.72. The highest BCUT2D eigenvalue weighted by Crippen LogP contribution is 2.47. The van der Waals surface area contributed by atoms with Crippen LogP contribution in [-0.2, 0) is 0 Å². The van der Waals surface area contributed by atoms with Crippen LogP contribution in [0.2, 0.25) is 0 Å². The molecular formula is C13H26. The van der Waals surface area contributed by atoms with Crippen molar-refractivity contribution < 1.29 is 0 Å². The first kappa shape index (κ1) is 11.1. The van der Waals surface area contributed by atoms with Crippen molar-refractivity contribution in [1.29, 1.82) is 0 Å². The van der Waals surface area contributed by atoms with E-state index in [9.17, 15) is 0 Å². The van der Waals surface area contributed by atoms with Crippen LogP contribution in [0.25, 0.3) is 0 Å². The third-order valence-electron chi connectivity index (χ3n) is 3.81. The average molecular weight is 182 g/mol. The number of hydrogen-bond donors (Lipinski definition) is 0. The Morgan fingerprint density at radius 3 is 2.08 bits per heavy atom. The first-order valence-corrected chi connectivity index (χ1v) is 5.72. The number of hydrogen-bond acceptors (Lipinski definition) is 0. The zero-order valence-electron chi connectivity index (χ0n) is 10.3. The fourth-order valence-corrected chi connectivity index (χ4v) is 3.23. The van der Waals surface area contributed by atoms with Crippen molar-refractivity contribution in [3.05, 3.63) is 0 Å². The maximum atomic E-state index is 2.44. The fourth-order valence-electron chi connectivity index (χ4n) is 3.23. The topological polar surface area (TPSA) is 0 Å². The summed E-state index contributed by atoms with van der Waals surface area (Å²) < 4.78 is 0. The largest absolute Gasteiger partial charge is 0.0622 e. The van der Waals surface area contributed by atoms with Crippen molar-refractivity contribution >= 4 is 0 Å². The van der Waals surface area contributed by atoms with Crippen LogP contribution in [-0.4, -0.2) is 0 Å². The minimum Gasteiger partial charge on any atom is -0.0622 e. The molecule has 0 radical (unpaired) electrons. The van der Waals surface area contributed by atoms with E-state index in [-0.39, 0.29) is 0 Å². The Hall–Kier alpha value is 0. The predicted octanol–water partition coefficient (Wildman–Crippen LogP) is 4.49. The van der Waals surface area contributed by atoms with Crippen LogP contribution in [0.15, 0.2) is 0 Å². The van der Waals surface area contributed by atoms with Crippen LogP contribution in [0, 0.1) is 22.7 Å². The second-order valence-electron chi connectivity index (χ2n) is 6.86. The van der Waals surface area contributed by atoms with Crippen molar-refractivity contribution in [2.45, 2.75) is 60.8 Å². The van der Waals surface area contributed by atoms with Gasteiger partial charge < -0.3 is 0 Å². The highest BCUT2D eigenvalue weighted by molar-refractivity contribution is 4.88. The lowest BCUT2D eigenvalue weighted by Gasteiger charge is -2.45. The summed E-state index contributed by atoms with van der Waals surface area (Å²) >= 11 is 0. The first-order valence-electron chi connectivity index (χ1n) is 5.72. The van der Waals surface area contributed by atoms with E-state index in [1.807, 2.05) is 0 Å². The van der Waals surface area contributed by atoms with Gasteiger partial charge in [-0.15, -0.1) is 0 Å². The van der Waals surface area contributed by atoms with Crippen molar-refractivity contribution in [3.8, 4) is 0 Å². The van der Waals surface area contributed by atoms with Gasteiger partial charge in [-0.2, -0.15) is 0 Å². The average Bonchev–Trinajstić information content (AvgIpc) is 1.80. The number of rotatable bonds is 0. The lowest BCUT2D eigenvalue weighted by molar-refractivity contribution is 0.0557. The van der Waals surface area contributed by atoms with E-state index in [0.29, 0.717) is 10.8 Å². The molecule has 0 bridgehead atoms. The molecule has 0 nitrogen and oxygen atoms in total. The van der Waals surface area contributed by atoms with Crippen molar-refractivity contribution in [3.63, 3.8) is 0 Å². The van der Waals surface area contributed by atoms with Crippen LogP contribution in [0.1, 0.15) is 60.8 Å². The molecule has 0 aromatic heterocycles. The Kier molecular flexibility index (Phi) is 2.81. The van der Waals surface area contributed by atoms with Gasteiger partial charge in [-0.05, 0) is 41.9 Å². The van der Waals surface area contributed by atoms with Gasteiger partial charge in [0.2, 0.25) is 0 Å². The van der Waals surface area contributed by atoms with Crippen LogP contribution in [0.4, 0.5) is 0 Å². The summed E-state index contributed by atoms with van der Waals surface area (Å²) in [5.41, 5.74) is 1.11. The molecule has 0 spiro atoms. The fraction of sp³-hybridized carbons (Fsp3) is 1.00. The van der Waals surface area contributed by atoms with Crippen LogP contribution in [0.5, 0.6) is 0 Å². The zero-order valence-corrected chi connectivity index (χ0v) is 10.3. The van der Waals surface area contributed by atoms with E-state index in [2.05, 4.69) is 41.5 Å². The molecule has 2 unspecified atom stereocenters. The molecule has 1 aliphatic rings. The predicted molar refractivity (Wildman–Crippen MR) is 59.7 cm³/mol. The molecule has 0 amide bonds.